The number of aliphatic carboxylic acids is 1. The molecule has 0 aromatic heterocycles. The molecule has 0 saturated heterocycles. The highest BCUT2D eigenvalue weighted by atomic mass is 16.4. The van der Waals surface area contributed by atoms with Crippen LogP contribution in [0, 0.1) is 23.2 Å². The van der Waals surface area contributed by atoms with E-state index in [1.165, 1.54) is 0 Å². The molecule has 0 fully saturated rings. The number of carboxylic acids is 1. The molecular formula is C15H27NO3. The predicted octanol–water partition coefficient (Wildman–Crippen LogP) is 4.02. The monoisotopic (exact) mass is 269 g/mol. The zero-order valence-electron chi connectivity index (χ0n) is 12.7. The van der Waals surface area contributed by atoms with Crippen molar-refractivity contribution in [2.24, 2.45) is 17.8 Å². The van der Waals surface area contributed by atoms with Crippen LogP contribution in [-0.2, 0) is 4.79 Å². The van der Waals surface area contributed by atoms with Gasteiger partial charge in [-0.05, 0) is 24.7 Å². The summed E-state index contributed by atoms with van der Waals surface area (Å²) in [7, 11) is 0. The first-order chi connectivity index (χ1) is 8.66. The Morgan fingerprint density at radius 1 is 1.00 bits per heavy atom. The molecule has 0 rings (SSSR count). The molecule has 4 nitrogen and oxygen atoms in total. The Kier molecular flexibility index (Phi) is 7.42. The molecule has 0 saturated carbocycles. The number of allylic oxidation sites excluding steroid dienone is 1. The van der Waals surface area contributed by atoms with Gasteiger partial charge in [-0.1, -0.05) is 41.0 Å². The van der Waals surface area contributed by atoms with Crippen LogP contribution in [0.2, 0.25) is 0 Å². The summed E-state index contributed by atoms with van der Waals surface area (Å²) in [6.45, 7) is 9.84. The minimum Gasteiger partial charge on any atom is -0.511 e. The lowest BCUT2D eigenvalue weighted by molar-refractivity contribution is -0.132. The van der Waals surface area contributed by atoms with E-state index < -0.39 is 5.97 Å². The summed E-state index contributed by atoms with van der Waals surface area (Å²) in [6.07, 6.45) is 2.02. The average Bonchev–Trinajstić information content (AvgIpc) is 2.23. The van der Waals surface area contributed by atoms with Gasteiger partial charge < -0.3 is 15.6 Å². The molecule has 0 aliphatic carbocycles. The third-order valence-electron chi connectivity index (χ3n) is 3.03. The fraction of sp³-hybridized carbons (Fsp3) is 0.733. The Bertz CT molecular complexity index is 356. The number of rotatable bonds is 8. The molecule has 0 amide bonds. The zero-order valence-corrected chi connectivity index (χ0v) is 12.7. The maximum Gasteiger partial charge on any atom is 0.340 e. The first-order valence-corrected chi connectivity index (χ1v) is 6.91. The topological polar surface area (TPSA) is 81.4 Å². The van der Waals surface area contributed by atoms with E-state index in [0.29, 0.717) is 12.3 Å². The van der Waals surface area contributed by atoms with Crippen molar-refractivity contribution < 1.29 is 15.0 Å². The van der Waals surface area contributed by atoms with Gasteiger partial charge in [-0.25, -0.2) is 4.79 Å². The summed E-state index contributed by atoms with van der Waals surface area (Å²) in [4.78, 5) is 11.2. The van der Waals surface area contributed by atoms with Crippen molar-refractivity contribution in [1.29, 1.82) is 5.41 Å². The minimum absolute atomic E-state index is 0.0106. The van der Waals surface area contributed by atoms with Crippen molar-refractivity contribution in [1.82, 2.24) is 0 Å². The van der Waals surface area contributed by atoms with E-state index in [1.54, 1.807) is 0 Å². The van der Waals surface area contributed by atoms with Gasteiger partial charge in [0, 0.05) is 11.6 Å². The molecule has 4 heteroatoms. The Morgan fingerprint density at radius 3 is 1.89 bits per heavy atom. The van der Waals surface area contributed by atoms with Crippen LogP contribution in [0.5, 0.6) is 0 Å². The van der Waals surface area contributed by atoms with Gasteiger partial charge in [0.2, 0.25) is 0 Å². The highest BCUT2D eigenvalue weighted by Gasteiger charge is 2.23. The summed E-state index contributed by atoms with van der Waals surface area (Å²) in [5.74, 6) is -0.876. The molecular weight excluding hydrogens is 242 g/mol. The fourth-order valence-electron chi connectivity index (χ4n) is 1.87. The molecule has 0 aromatic carbocycles. The number of hydrogen-bond donors (Lipinski definition) is 3. The lowest BCUT2D eigenvalue weighted by Crippen LogP contribution is -2.19. The SMILES string of the molecule is CC(C)CCC(C)/C(O)=C(/C(=N)CC(C)C)C(=O)O. The van der Waals surface area contributed by atoms with Gasteiger partial charge >= 0.3 is 5.97 Å². The molecule has 0 aliphatic rings. The molecule has 0 radical (unpaired) electrons. The van der Waals surface area contributed by atoms with Gasteiger partial charge in [0.1, 0.15) is 11.3 Å². The van der Waals surface area contributed by atoms with E-state index in [1.807, 2.05) is 20.8 Å². The Labute approximate surface area is 116 Å². The van der Waals surface area contributed by atoms with E-state index in [0.717, 1.165) is 12.8 Å². The highest BCUT2D eigenvalue weighted by Crippen LogP contribution is 2.22. The van der Waals surface area contributed by atoms with Crippen LogP contribution >= 0.6 is 0 Å². The maximum absolute atomic E-state index is 11.2. The molecule has 0 heterocycles. The standard InChI is InChI=1S/C15H27NO3/c1-9(2)6-7-11(5)14(17)13(15(18)19)12(16)8-10(3)4/h9-11,16-17H,6-8H2,1-5H3,(H,18,19)/b14-13+,16-12?. The second-order valence-electron chi connectivity index (χ2n) is 6.01. The van der Waals surface area contributed by atoms with E-state index in [4.69, 9.17) is 5.41 Å². The Morgan fingerprint density at radius 2 is 1.53 bits per heavy atom. The molecule has 1 atom stereocenters. The highest BCUT2D eigenvalue weighted by molar-refractivity contribution is 6.18. The molecule has 0 spiro atoms. The van der Waals surface area contributed by atoms with Gasteiger partial charge in [0.25, 0.3) is 0 Å². The second-order valence-corrected chi connectivity index (χ2v) is 6.01. The quantitative estimate of drug-likeness (QED) is 0.353. The molecule has 0 aromatic rings. The van der Waals surface area contributed by atoms with Crippen molar-refractivity contribution in [3.8, 4) is 0 Å². The smallest absolute Gasteiger partial charge is 0.340 e. The maximum atomic E-state index is 11.2. The molecule has 19 heavy (non-hydrogen) atoms. The first-order valence-electron chi connectivity index (χ1n) is 6.91. The number of carbonyl (C=O) groups is 1. The number of carboxylic acid groups (broad SMARTS) is 1. The largest absolute Gasteiger partial charge is 0.511 e. The summed E-state index contributed by atoms with van der Waals surface area (Å²) >= 11 is 0. The molecule has 3 N–H and O–H groups in total. The van der Waals surface area contributed by atoms with Crippen LogP contribution < -0.4 is 0 Å². The lowest BCUT2D eigenvalue weighted by atomic mass is 9.92. The average molecular weight is 269 g/mol. The van der Waals surface area contributed by atoms with Crippen molar-refractivity contribution in [2.45, 2.75) is 53.9 Å². The van der Waals surface area contributed by atoms with E-state index in [9.17, 15) is 15.0 Å². The van der Waals surface area contributed by atoms with Gasteiger partial charge in [0.15, 0.2) is 0 Å². The predicted molar refractivity (Wildman–Crippen MR) is 77.7 cm³/mol. The van der Waals surface area contributed by atoms with Crippen LogP contribution in [0.15, 0.2) is 11.3 Å². The minimum atomic E-state index is -1.21. The van der Waals surface area contributed by atoms with Crippen LogP contribution in [-0.4, -0.2) is 21.9 Å². The summed E-state index contributed by atoms with van der Waals surface area (Å²) in [6, 6.07) is 0. The number of aliphatic hydroxyl groups is 1. The van der Waals surface area contributed by atoms with Gasteiger partial charge in [-0.2, -0.15) is 0 Å². The molecule has 0 aliphatic heterocycles. The normalized spacial score (nSPS) is 14.5. The summed E-state index contributed by atoms with van der Waals surface area (Å²) in [5, 5.41) is 27.1. The summed E-state index contributed by atoms with van der Waals surface area (Å²) < 4.78 is 0. The van der Waals surface area contributed by atoms with Crippen molar-refractivity contribution >= 4 is 11.7 Å². The van der Waals surface area contributed by atoms with Crippen molar-refractivity contribution in [2.75, 3.05) is 0 Å². The van der Waals surface area contributed by atoms with E-state index >= 15 is 0 Å². The third kappa shape index (κ3) is 6.41. The van der Waals surface area contributed by atoms with E-state index in [2.05, 4.69) is 13.8 Å². The number of nitrogens with one attached hydrogen (secondary N) is 1. The van der Waals surface area contributed by atoms with Gasteiger partial charge in [-0.15, -0.1) is 0 Å². The Hall–Kier alpha value is -1.32. The first kappa shape index (κ1) is 17.7. The molecule has 1 unspecified atom stereocenters. The zero-order chi connectivity index (χ0) is 15.2. The van der Waals surface area contributed by atoms with Gasteiger partial charge in [-0.3, -0.25) is 0 Å². The third-order valence-corrected chi connectivity index (χ3v) is 3.03. The van der Waals surface area contributed by atoms with Crippen LogP contribution in [0.25, 0.3) is 0 Å². The second kappa shape index (κ2) is 7.97. The van der Waals surface area contributed by atoms with Crippen LogP contribution in [0.4, 0.5) is 0 Å². The lowest BCUT2D eigenvalue weighted by Gasteiger charge is -2.16. The number of hydrogen-bond acceptors (Lipinski definition) is 3. The van der Waals surface area contributed by atoms with E-state index in [-0.39, 0.29) is 28.9 Å². The van der Waals surface area contributed by atoms with Crippen molar-refractivity contribution in [3.05, 3.63) is 11.3 Å². The fourth-order valence-corrected chi connectivity index (χ4v) is 1.87. The Balaban J connectivity index is 5.05. The van der Waals surface area contributed by atoms with Crippen molar-refractivity contribution in [3.63, 3.8) is 0 Å². The molecule has 110 valence electrons. The van der Waals surface area contributed by atoms with Crippen LogP contribution in [0.3, 0.4) is 0 Å². The molecule has 0 bridgehead atoms. The van der Waals surface area contributed by atoms with Crippen LogP contribution in [0.1, 0.15) is 53.9 Å². The van der Waals surface area contributed by atoms with Gasteiger partial charge in [0.05, 0.1) is 0 Å². The number of aliphatic hydroxyl groups excluding tert-OH is 1. The summed E-state index contributed by atoms with van der Waals surface area (Å²) in [5.41, 5.74) is -0.207.